The van der Waals surface area contributed by atoms with E-state index >= 15 is 0 Å². The Bertz CT molecular complexity index is 502. The van der Waals surface area contributed by atoms with Crippen LogP contribution in [0.15, 0.2) is 18.2 Å². The smallest absolute Gasteiger partial charge is 0.310 e. The predicted molar refractivity (Wildman–Crippen MR) is 72.2 cm³/mol. The van der Waals surface area contributed by atoms with Gasteiger partial charge in [0.15, 0.2) is 5.75 Å². The van der Waals surface area contributed by atoms with E-state index in [1.165, 1.54) is 18.2 Å². The van der Waals surface area contributed by atoms with Gasteiger partial charge in [-0.25, -0.2) is 0 Å². The molecule has 6 nitrogen and oxygen atoms in total. The monoisotopic (exact) mass is 279 g/mol. The molecular weight excluding hydrogens is 262 g/mol. The minimum Gasteiger partial charge on any atom is -0.483 e. The summed E-state index contributed by atoms with van der Waals surface area (Å²) in [5.41, 5.74) is 0.250. The highest BCUT2D eigenvalue weighted by Gasteiger charge is 2.26. The van der Waals surface area contributed by atoms with Crippen LogP contribution in [0, 0.1) is 10.1 Å². The maximum Gasteiger partial charge on any atom is 0.310 e. The van der Waals surface area contributed by atoms with E-state index in [9.17, 15) is 14.9 Å². The van der Waals surface area contributed by atoms with Crippen LogP contribution in [0.2, 0.25) is 0 Å². The molecule has 0 radical (unpaired) electrons. The average Bonchev–Trinajstić information content (AvgIpc) is 2.47. The molecule has 1 aliphatic carbocycles. The minimum absolute atomic E-state index is 0.116. The second-order valence-electron chi connectivity index (χ2n) is 4.87. The molecule has 0 saturated heterocycles. The first-order chi connectivity index (χ1) is 9.63. The Morgan fingerprint density at radius 1 is 1.35 bits per heavy atom. The van der Waals surface area contributed by atoms with Crippen LogP contribution in [0.25, 0.3) is 0 Å². The summed E-state index contributed by atoms with van der Waals surface area (Å²) in [5.74, 6) is 0.154. The Morgan fingerprint density at radius 3 is 2.75 bits per heavy atom. The number of aldehydes is 1. The van der Waals surface area contributed by atoms with Gasteiger partial charge in [0.2, 0.25) is 0 Å². The fraction of sp³-hybridized carbons (Fsp3) is 0.500. The number of hydrogen-bond acceptors (Lipinski definition) is 5. The number of carbonyl (C=O) groups is 1. The van der Waals surface area contributed by atoms with Crippen molar-refractivity contribution in [3.05, 3.63) is 33.9 Å². The van der Waals surface area contributed by atoms with Crippen LogP contribution >= 0.6 is 0 Å². The average molecular weight is 279 g/mol. The summed E-state index contributed by atoms with van der Waals surface area (Å²) in [6, 6.07) is 4.13. The van der Waals surface area contributed by atoms with Gasteiger partial charge < -0.3 is 9.47 Å². The van der Waals surface area contributed by atoms with Gasteiger partial charge in [0.1, 0.15) is 12.4 Å². The number of carbonyl (C=O) groups excluding carboxylic acids is 1. The zero-order valence-electron chi connectivity index (χ0n) is 11.3. The number of methoxy groups -OCH3 is 1. The number of nitro benzene ring substituents is 1. The fourth-order valence-electron chi connectivity index (χ4n) is 2.45. The van der Waals surface area contributed by atoms with Gasteiger partial charge in [0, 0.05) is 25.2 Å². The molecule has 6 heteroatoms. The van der Waals surface area contributed by atoms with Gasteiger partial charge in [0.25, 0.3) is 0 Å². The predicted octanol–water partition coefficient (Wildman–Crippen LogP) is 2.74. The Balaban J connectivity index is 2.18. The Labute approximate surface area is 116 Å². The minimum atomic E-state index is -0.499. The molecule has 2 atom stereocenters. The molecule has 20 heavy (non-hydrogen) atoms. The van der Waals surface area contributed by atoms with Crippen molar-refractivity contribution in [2.75, 3.05) is 7.11 Å². The zero-order chi connectivity index (χ0) is 14.5. The summed E-state index contributed by atoms with van der Waals surface area (Å²) >= 11 is 0. The first-order valence-electron chi connectivity index (χ1n) is 6.57. The molecule has 0 N–H and O–H groups in total. The quantitative estimate of drug-likeness (QED) is 0.470. The van der Waals surface area contributed by atoms with Crippen LogP contribution in [0.1, 0.15) is 36.0 Å². The number of rotatable bonds is 5. The fourth-order valence-corrected chi connectivity index (χ4v) is 2.45. The van der Waals surface area contributed by atoms with Crippen molar-refractivity contribution in [2.24, 2.45) is 0 Å². The van der Waals surface area contributed by atoms with Crippen molar-refractivity contribution in [2.45, 2.75) is 37.9 Å². The van der Waals surface area contributed by atoms with Gasteiger partial charge >= 0.3 is 5.69 Å². The maximum atomic E-state index is 11.0. The van der Waals surface area contributed by atoms with Crippen molar-refractivity contribution in [3.8, 4) is 5.75 Å². The normalized spacial score (nSPS) is 22.2. The molecule has 1 saturated carbocycles. The lowest BCUT2D eigenvalue weighted by molar-refractivity contribution is -0.386. The van der Waals surface area contributed by atoms with Crippen LogP contribution in [0.4, 0.5) is 5.69 Å². The summed E-state index contributed by atoms with van der Waals surface area (Å²) < 4.78 is 11.1. The summed E-state index contributed by atoms with van der Waals surface area (Å²) in [6.45, 7) is 0. The SMILES string of the molecule is COC1CCCC(Oc2cc(C=O)ccc2[N+](=O)[O-])C1. The van der Waals surface area contributed by atoms with Gasteiger partial charge in [0.05, 0.1) is 11.0 Å². The topological polar surface area (TPSA) is 78.7 Å². The second kappa shape index (κ2) is 6.47. The van der Waals surface area contributed by atoms with E-state index in [1.807, 2.05) is 0 Å². The molecule has 0 spiro atoms. The molecule has 0 aromatic heterocycles. The highest BCUT2D eigenvalue weighted by atomic mass is 16.6. The third kappa shape index (κ3) is 3.33. The molecule has 0 bridgehead atoms. The van der Waals surface area contributed by atoms with Crippen LogP contribution < -0.4 is 4.74 Å². The molecule has 0 aliphatic heterocycles. The Morgan fingerprint density at radius 2 is 2.10 bits per heavy atom. The summed E-state index contributed by atoms with van der Waals surface area (Å²) in [4.78, 5) is 21.3. The van der Waals surface area contributed by atoms with E-state index in [0.29, 0.717) is 18.3 Å². The first-order valence-corrected chi connectivity index (χ1v) is 6.57. The third-order valence-electron chi connectivity index (χ3n) is 3.52. The largest absolute Gasteiger partial charge is 0.483 e. The standard InChI is InChI=1S/C14H17NO5/c1-19-11-3-2-4-12(8-11)20-14-7-10(9-16)5-6-13(14)15(17)18/h5-7,9,11-12H,2-4,8H2,1H3. The molecule has 1 aromatic rings. The van der Waals surface area contributed by atoms with Crippen molar-refractivity contribution < 1.29 is 19.2 Å². The lowest BCUT2D eigenvalue weighted by Gasteiger charge is -2.28. The van der Waals surface area contributed by atoms with Gasteiger partial charge in [-0.1, -0.05) is 0 Å². The molecular formula is C14H17NO5. The summed E-state index contributed by atoms with van der Waals surface area (Å²) in [6.07, 6.45) is 4.14. The van der Waals surface area contributed by atoms with Crippen molar-refractivity contribution >= 4 is 12.0 Å². The molecule has 1 aliphatic rings. The summed E-state index contributed by atoms with van der Waals surface area (Å²) in [5, 5.41) is 11.0. The molecule has 1 fully saturated rings. The molecule has 2 rings (SSSR count). The van der Waals surface area contributed by atoms with E-state index in [0.717, 1.165) is 19.3 Å². The molecule has 1 aromatic carbocycles. The molecule has 0 amide bonds. The Kier molecular flexibility index (Phi) is 4.68. The summed E-state index contributed by atoms with van der Waals surface area (Å²) in [7, 11) is 1.66. The number of nitrogens with zero attached hydrogens (tertiary/aromatic N) is 1. The van der Waals surface area contributed by atoms with Crippen molar-refractivity contribution in [1.29, 1.82) is 0 Å². The van der Waals surface area contributed by atoms with Crippen molar-refractivity contribution in [3.63, 3.8) is 0 Å². The highest BCUT2D eigenvalue weighted by Crippen LogP contribution is 2.32. The molecule has 108 valence electrons. The van der Waals surface area contributed by atoms with Crippen molar-refractivity contribution in [1.82, 2.24) is 0 Å². The molecule has 2 unspecified atom stereocenters. The van der Waals surface area contributed by atoms with Crippen LogP contribution in [0.5, 0.6) is 5.75 Å². The van der Waals surface area contributed by atoms with Gasteiger partial charge in [-0.15, -0.1) is 0 Å². The van der Waals surface area contributed by atoms with E-state index in [-0.39, 0.29) is 23.6 Å². The highest BCUT2D eigenvalue weighted by molar-refractivity contribution is 5.76. The number of ether oxygens (including phenoxy) is 2. The third-order valence-corrected chi connectivity index (χ3v) is 3.52. The molecule has 0 heterocycles. The van der Waals surface area contributed by atoms with Crippen LogP contribution in [-0.2, 0) is 4.74 Å². The lowest BCUT2D eigenvalue weighted by atomic mass is 9.95. The van der Waals surface area contributed by atoms with Crippen LogP contribution in [-0.4, -0.2) is 30.5 Å². The number of benzene rings is 1. The zero-order valence-corrected chi connectivity index (χ0v) is 11.3. The second-order valence-corrected chi connectivity index (χ2v) is 4.87. The first kappa shape index (κ1) is 14.5. The van der Waals surface area contributed by atoms with E-state index < -0.39 is 4.92 Å². The maximum absolute atomic E-state index is 11.0. The van der Waals surface area contributed by atoms with Gasteiger partial charge in [-0.3, -0.25) is 14.9 Å². The number of hydrogen-bond donors (Lipinski definition) is 0. The van der Waals surface area contributed by atoms with Gasteiger partial charge in [-0.2, -0.15) is 0 Å². The van der Waals surface area contributed by atoms with Gasteiger partial charge in [-0.05, 0) is 31.4 Å². The van der Waals surface area contributed by atoms with Crippen LogP contribution in [0.3, 0.4) is 0 Å². The van der Waals surface area contributed by atoms with E-state index in [2.05, 4.69) is 0 Å². The van der Waals surface area contributed by atoms with E-state index in [1.54, 1.807) is 7.11 Å². The number of nitro groups is 1. The van der Waals surface area contributed by atoms with E-state index in [4.69, 9.17) is 9.47 Å². The Hall–Kier alpha value is -1.95. The lowest BCUT2D eigenvalue weighted by Crippen LogP contribution is -2.29.